The van der Waals surface area contributed by atoms with Gasteiger partial charge in [-0.2, -0.15) is 5.10 Å². The van der Waals surface area contributed by atoms with Gasteiger partial charge < -0.3 is 5.32 Å². The van der Waals surface area contributed by atoms with Crippen molar-refractivity contribution in [3.63, 3.8) is 0 Å². The summed E-state index contributed by atoms with van der Waals surface area (Å²) in [4.78, 5) is 16.2. The van der Waals surface area contributed by atoms with Crippen molar-refractivity contribution in [2.75, 3.05) is 5.32 Å². The largest absolute Gasteiger partial charge is 0.364 e. The number of pyridine rings is 1. The van der Waals surface area contributed by atoms with Crippen LogP contribution in [0.1, 0.15) is 11.1 Å². The highest BCUT2D eigenvalue weighted by molar-refractivity contribution is 6.09. The Bertz CT molecular complexity index is 1460. The van der Waals surface area contributed by atoms with Gasteiger partial charge in [-0.25, -0.2) is 15.1 Å². The lowest BCUT2D eigenvalue weighted by Gasteiger charge is -2.09. The molecule has 0 aliphatic heterocycles. The fourth-order valence-electron chi connectivity index (χ4n) is 3.72. The normalized spacial score (nSPS) is 11.3. The molecule has 0 aliphatic rings. The maximum Gasteiger partial charge on any atom is 0.267 e. The van der Waals surface area contributed by atoms with Gasteiger partial charge in [-0.15, -0.1) is 0 Å². The number of nitrogens with zero attached hydrogens (tertiary/aromatic N) is 3. The number of hydrogen-bond donors (Lipinski definition) is 3. The van der Waals surface area contributed by atoms with Crippen LogP contribution in [0.5, 0.6) is 0 Å². The van der Waals surface area contributed by atoms with E-state index in [1.165, 1.54) is 6.08 Å². The molecule has 5 rings (SSSR count). The van der Waals surface area contributed by atoms with Gasteiger partial charge in [0.05, 0.1) is 11.2 Å². The first kappa shape index (κ1) is 20.4. The van der Waals surface area contributed by atoms with Gasteiger partial charge in [-0.1, -0.05) is 54.6 Å². The zero-order chi connectivity index (χ0) is 22.6. The molecule has 2 aromatic heterocycles. The number of aromatic nitrogens is 3. The van der Waals surface area contributed by atoms with Crippen LogP contribution in [0.2, 0.25) is 0 Å². The van der Waals surface area contributed by atoms with E-state index in [4.69, 9.17) is 15.3 Å². The summed E-state index contributed by atoms with van der Waals surface area (Å²) in [6, 6.07) is 25.8. The number of carbonyl (C=O) groups excluding carboxylic acids is 1. The van der Waals surface area contributed by atoms with Crippen molar-refractivity contribution in [1.82, 2.24) is 20.2 Å². The minimum absolute atomic E-state index is 0.587. The zero-order valence-electron chi connectivity index (χ0n) is 17.6. The van der Waals surface area contributed by atoms with Crippen molar-refractivity contribution >= 4 is 39.6 Å². The number of nitrogens with one attached hydrogen (secondary N) is 2. The second-order valence-electron chi connectivity index (χ2n) is 7.56. The maximum absolute atomic E-state index is 11.4. The highest BCUT2D eigenvalue weighted by Gasteiger charge is 2.14. The molecule has 33 heavy (non-hydrogen) atoms. The molecule has 0 saturated heterocycles. The van der Waals surface area contributed by atoms with Gasteiger partial charge in [0.15, 0.2) is 5.82 Å². The molecule has 162 valence electrons. The quantitative estimate of drug-likeness (QED) is 0.204. The summed E-state index contributed by atoms with van der Waals surface area (Å²) < 4.78 is 1.85. The zero-order valence-corrected chi connectivity index (χ0v) is 17.6. The second kappa shape index (κ2) is 8.94. The standard InChI is InChI=1S/C26H21N5O2/c32-24(30-33)14-12-18-11-13-23-21(15-18)22-17-31(20-9-5-2-6-10-20)29-25(22)26(28-23)27-16-19-7-3-1-4-8-19/h1-15,17,33H,16H2,(H,27,28)(H,30,32)/b14-12+. The van der Waals surface area contributed by atoms with Crippen LogP contribution in [0.4, 0.5) is 5.82 Å². The first-order valence-electron chi connectivity index (χ1n) is 10.5. The van der Waals surface area contributed by atoms with Crippen molar-refractivity contribution in [3.8, 4) is 5.69 Å². The molecule has 0 aliphatic carbocycles. The summed E-state index contributed by atoms with van der Waals surface area (Å²) in [6.45, 7) is 0.629. The number of para-hydroxylation sites is 1. The van der Waals surface area contributed by atoms with E-state index in [0.717, 1.165) is 38.6 Å². The Balaban J connectivity index is 1.63. The van der Waals surface area contributed by atoms with Gasteiger partial charge in [0.1, 0.15) is 5.52 Å². The van der Waals surface area contributed by atoms with Gasteiger partial charge >= 0.3 is 0 Å². The highest BCUT2D eigenvalue weighted by Crippen LogP contribution is 2.30. The third kappa shape index (κ3) is 4.30. The minimum Gasteiger partial charge on any atom is -0.364 e. The Labute approximate surface area is 190 Å². The summed E-state index contributed by atoms with van der Waals surface area (Å²) in [5.41, 5.74) is 6.09. The molecule has 0 unspecified atom stereocenters. The molecular formula is C26H21N5O2. The predicted octanol–water partition coefficient (Wildman–Crippen LogP) is 4.70. The van der Waals surface area contributed by atoms with Crippen LogP contribution in [0.3, 0.4) is 0 Å². The van der Waals surface area contributed by atoms with Crippen molar-refractivity contribution < 1.29 is 10.0 Å². The number of rotatable bonds is 6. The van der Waals surface area contributed by atoms with Crippen LogP contribution < -0.4 is 10.8 Å². The molecule has 0 atom stereocenters. The molecule has 0 radical (unpaired) electrons. The third-order valence-electron chi connectivity index (χ3n) is 5.34. The van der Waals surface area contributed by atoms with Crippen molar-refractivity contribution in [3.05, 3.63) is 102 Å². The van der Waals surface area contributed by atoms with E-state index in [2.05, 4.69) is 17.4 Å². The average molecular weight is 435 g/mol. The fraction of sp³-hybridized carbons (Fsp3) is 0.0385. The summed E-state index contributed by atoms with van der Waals surface area (Å²) in [6.07, 6.45) is 4.91. The van der Waals surface area contributed by atoms with E-state index in [0.29, 0.717) is 12.4 Å². The monoisotopic (exact) mass is 435 g/mol. The molecule has 5 aromatic rings. The van der Waals surface area contributed by atoms with Crippen molar-refractivity contribution in [2.24, 2.45) is 0 Å². The Kier molecular flexibility index (Phi) is 5.53. The van der Waals surface area contributed by atoms with Crippen LogP contribution >= 0.6 is 0 Å². The van der Waals surface area contributed by atoms with Gasteiger partial charge in [0, 0.05) is 29.6 Å². The average Bonchev–Trinajstić information content (AvgIpc) is 3.33. The summed E-state index contributed by atoms with van der Waals surface area (Å²) in [7, 11) is 0. The van der Waals surface area contributed by atoms with Gasteiger partial charge in [-0.3, -0.25) is 10.0 Å². The van der Waals surface area contributed by atoms with Crippen LogP contribution in [-0.4, -0.2) is 25.9 Å². The molecule has 7 heteroatoms. The first-order valence-corrected chi connectivity index (χ1v) is 10.5. The Morgan fingerprint density at radius 2 is 1.73 bits per heavy atom. The molecule has 7 nitrogen and oxygen atoms in total. The molecule has 0 bridgehead atoms. The Morgan fingerprint density at radius 3 is 2.48 bits per heavy atom. The molecule has 2 heterocycles. The molecule has 0 fully saturated rings. The summed E-state index contributed by atoms with van der Waals surface area (Å²) >= 11 is 0. The maximum atomic E-state index is 11.4. The molecule has 0 spiro atoms. The number of fused-ring (bicyclic) bond motifs is 3. The molecule has 3 N–H and O–H groups in total. The number of hydrogen-bond acceptors (Lipinski definition) is 5. The summed E-state index contributed by atoms with van der Waals surface area (Å²) in [5, 5.41) is 18.9. The number of carbonyl (C=O) groups is 1. The van der Waals surface area contributed by atoms with Gasteiger partial charge in [-0.05, 0) is 41.5 Å². The van der Waals surface area contributed by atoms with Crippen molar-refractivity contribution in [1.29, 1.82) is 0 Å². The van der Waals surface area contributed by atoms with Crippen molar-refractivity contribution in [2.45, 2.75) is 6.54 Å². The lowest BCUT2D eigenvalue weighted by Crippen LogP contribution is -2.14. The molecule has 0 saturated carbocycles. The lowest BCUT2D eigenvalue weighted by molar-refractivity contribution is -0.124. The van der Waals surface area contributed by atoms with Crippen LogP contribution in [0.15, 0.2) is 91.1 Å². The minimum atomic E-state index is -0.587. The third-order valence-corrected chi connectivity index (χ3v) is 5.34. The lowest BCUT2D eigenvalue weighted by atomic mass is 10.1. The van der Waals surface area contributed by atoms with Crippen LogP contribution in [0, 0.1) is 0 Å². The van der Waals surface area contributed by atoms with Gasteiger partial charge in [0.25, 0.3) is 5.91 Å². The second-order valence-corrected chi connectivity index (χ2v) is 7.56. The smallest absolute Gasteiger partial charge is 0.267 e. The first-order chi connectivity index (χ1) is 16.2. The topological polar surface area (TPSA) is 92.1 Å². The SMILES string of the molecule is O=C(/C=C/c1ccc2nc(NCc3ccccc3)c3nn(-c4ccccc4)cc3c2c1)NO. The van der Waals surface area contributed by atoms with E-state index in [9.17, 15) is 4.79 Å². The van der Waals surface area contributed by atoms with E-state index in [1.807, 2.05) is 77.6 Å². The molecular weight excluding hydrogens is 414 g/mol. The highest BCUT2D eigenvalue weighted by atomic mass is 16.5. The number of hydroxylamine groups is 1. The Morgan fingerprint density at radius 1 is 0.970 bits per heavy atom. The van der Waals surface area contributed by atoms with E-state index < -0.39 is 5.91 Å². The fourth-order valence-corrected chi connectivity index (χ4v) is 3.72. The summed E-state index contributed by atoms with van der Waals surface area (Å²) in [5.74, 6) is 0.120. The molecule has 3 aromatic carbocycles. The number of anilines is 1. The van der Waals surface area contributed by atoms with E-state index in [1.54, 1.807) is 11.6 Å². The number of amides is 1. The van der Waals surface area contributed by atoms with Gasteiger partial charge in [0.2, 0.25) is 0 Å². The van der Waals surface area contributed by atoms with Crippen LogP contribution in [0.25, 0.3) is 33.6 Å². The van der Waals surface area contributed by atoms with Crippen LogP contribution in [-0.2, 0) is 11.3 Å². The number of benzene rings is 3. The molecule has 1 amide bonds. The van der Waals surface area contributed by atoms with E-state index in [-0.39, 0.29) is 0 Å². The predicted molar refractivity (Wildman–Crippen MR) is 129 cm³/mol. The van der Waals surface area contributed by atoms with E-state index >= 15 is 0 Å². The Hall–Kier alpha value is -4.49.